The van der Waals surface area contributed by atoms with Gasteiger partial charge in [0.1, 0.15) is 0 Å². The Hall–Kier alpha value is -2.46. The minimum atomic E-state index is 0.805. The lowest BCUT2D eigenvalue weighted by molar-refractivity contribution is 0.901. The minimum absolute atomic E-state index is 0.805. The highest BCUT2D eigenvalue weighted by atomic mass is 15.0. The number of fused-ring (bicyclic) bond motifs is 3. The Balaban J connectivity index is 2.50. The molecule has 0 radical (unpaired) electrons. The van der Waals surface area contributed by atoms with E-state index in [9.17, 15) is 0 Å². The first-order chi connectivity index (χ1) is 8.85. The van der Waals surface area contributed by atoms with Gasteiger partial charge in [0, 0.05) is 33.9 Å². The van der Waals surface area contributed by atoms with Crippen LogP contribution in [0.15, 0.2) is 55.1 Å². The fraction of sp³-hybridized carbons (Fsp3) is 0.0588. The van der Waals surface area contributed by atoms with Crippen LogP contribution < -0.4 is 0 Å². The molecule has 1 heteroatoms. The van der Waals surface area contributed by atoms with Gasteiger partial charge >= 0.3 is 0 Å². The molecule has 0 saturated heterocycles. The Morgan fingerprint density at radius 3 is 2.67 bits per heavy atom. The molecule has 0 aliphatic heterocycles. The van der Waals surface area contributed by atoms with E-state index in [1.165, 1.54) is 21.8 Å². The Morgan fingerprint density at radius 1 is 1.11 bits per heavy atom. The van der Waals surface area contributed by atoms with Gasteiger partial charge in [-0.2, -0.15) is 0 Å². The predicted octanol–water partition coefficient (Wildman–Crippen LogP) is 3.96. The van der Waals surface area contributed by atoms with Crippen LogP contribution in [0.2, 0.25) is 0 Å². The van der Waals surface area contributed by atoms with E-state index in [1.807, 2.05) is 12.1 Å². The van der Waals surface area contributed by atoms with Crippen LogP contribution in [0.3, 0.4) is 0 Å². The molecule has 0 unspecified atom stereocenters. The molecule has 0 amide bonds. The Kier molecular flexibility index (Phi) is 2.42. The van der Waals surface area contributed by atoms with E-state index in [0.29, 0.717) is 0 Å². The smallest absolute Gasteiger partial charge is 0.0495 e. The highest BCUT2D eigenvalue weighted by Gasteiger charge is 2.08. The second kappa shape index (κ2) is 4.09. The quantitative estimate of drug-likeness (QED) is 0.464. The molecule has 0 aliphatic rings. The molecule has 1 aromatic heterocycles. The number of hydrogen-bond donors (Lipinski definition) is 0. The number of terminal acetylenes is 1. The van der Waals surface area contributed by atoms with Crippen LogP contribution in [-0.2, 0) is 6.54 Å². The molecule has 0 N–H and O–H groups in total. The van der Waals surface area contributed by atoms with E-state index in [1.54, 1.807) is 0 Å². The number of nitrogens with zero attached hydrogens (tertiary/aromatic N) is 1. The molecular formula is C17H13N. The van der Waals surface area contributed by atoms with Crippen molar-refractivity contribution in [3.8, 4) is 12.3 Å². The second-order valence-electron chi connectivity index (χ2n) is 4.29. The van der Waals surface area contributed by atoms with Gasteiger partial charge in [0.15, 0.2) is 0 Å². The first-order valence-corrected chi connectivity index (χ1v) is 5.93. The maximum absolute atomic E-state index is 5.48. The summed E-state index contributed by atoms with van der Waals surface area (Å²) in [5.74, 6) is 2.70. The normalized spacial score (nSPS) is 10.6. The van der Waals surface area contributed by atoms with E-state index in [-0.39, 0.29) is 0 Å². The minimum Gasteiger partial charge on any atom is -0.337 e. The van der Waals surface area contributed by atoms with Crippen molar-refractivity contribution >= 4 is 21.8 Å². The van der Waals surface area contributed by atoms with Crippen molar-refractivity contribution in [3.05, 3.63) is 60.7 Å². The number of hydrogen-bond acceptors (Lipinski definition) is 0. The topological polar surface area (TPSA) is 4.93 Å². The van der Waals surface area contributed by atoms with Gasteiger partial charge in [-0.3, -0.25) is 0 Å². The fourth-order valence-corrected chi connectivity index (χ4v) is 2.47. The van der Waals surface area contributed by atoms with E-state index in [0.717, 1.165) is 12.1 Å². The molecule has 0 spiro atoms. The zero-order valence-corrected chi connectivity index (χ0v) is 10.1. The predicted molar refractivity (Wildman–Crippen MR) is 77.6 cm³/mol. The summed E-state index contributed by atoms with van der Waals surface area (Å²) < 4.78 is 2.26. The van der Waals surface area contributed by atoms with Crippen molar-refractivity contribution in [1.82, 2.24) is 4.57 Å². The summed E-state index contributed by atoms with van der Waals surface area (Å²) in [6.45, 7) is 4.63. The molecule has 1 heterocycles. The average Bonchev–Trinajstić information content (AvgIpc) is 2.74. The lowest BCUT2D eigenvalue weighted by atomic mass is 10.1. The SMILES string of the molecule is C#Cc1ccc2c(c1)c1ccccc1n2CC=C. The molecule has 0 bridgehead atoms. The standard InChI is InChI=1S/C17H13N/c1-3-11-18-16-8-6-5-7-14(16)15-12-13(4-2)9-10-17(15)18/h2-3,5-10,12H,1,11H2. The lowest BCUT2D eigenvalue weighted by Gasteiger charge is -2.02. The first-order valence-electron chi connectivity index (χ1n) is 5.93. The van der Waals surface area contributed by atoms with Gasteiger partial charge in [-0.25, -0.2) is 0 Å². The number of aromatic nitrogens is 1. The summed E-state index contributed by atoms with van der Waals surface area (Å²) in [5.41, 5.74) is 3.35. The van der Waals surface area contributed by atoms with Crippen LogP contribution in [0.1, 0.15) is 5.56 Å². The summed E-state index contributed by atoms with van der Waals surface area (Å²) in [6, 6.07) is 14.5. The van der Waals surface area contributed by atoms with E-state index in [4.69, 9.17) is 6.42 Å². The van der Waals surface area contributed by atoms with Crippen molar-refractivity contribution in [2.45, 2.75) is 6.54 Å². The van der Waals surface area contributed by atoms with E-state index >= 15 is 0 Å². The number of benzene rings is 2. The van der Waals surface area contributed by atoms with Crippen molar-refractivity contribution in [3.63, 3.8) is 0 Å². The maximum atomic E-state index is 5.48. The molecule has 0 fully saturated rings. The average molecular weight is 231 g/mol. The summed E-state index contributed by atoms with van der Waals surface area (Å²) in [6.07, 6.45) is 7.40. The number of rotatable bonds is 2. The van der Waals surface area contributed by atoms with Gasteiger partial charge in [0.05, 0.1) is 0 Å². The van der Waals surface area contributed by atoms with Crippen LogP contribution >= 0.6 is 0 Å². The highest BCUT2D eigenvalue weighted by Crippen LogP contribution is 2.29. The van der Waals surface area contributed by atoms with Gasteiger partial charge in [-0.05, 0) is 24.3 Å². The van der Waals surface area contributed by atoms with Crippen molar-refractivity contribution in [2.24, 2.45) is 0 Å². The molecule has 0 atom stereocenters. The molecule has 3 rings (SSSR count). The second-order valence-corrected chi connectivity index (χ2v) is 4.29. The lowest BCUT2D eigenvalue weighted by Crippen LogP contribution is -1.93. The molecule has 0 aliphatic carbocycles. The fourth-order valence-electron chi connectivity index (χ4n) is 2.47. The summed E-state index contributed by atoms with van der Waals surface area (Å²) in [7, 11) is 0. The number of para-hydroxylation sites is 1. The molecule has 0 saturated carbocycles. The van der Waals surface area contributed by atoms with Gasteiger partial charge in [0.2, 0.25) is 0 Å². The Labute approximate surface area is 106 Å². The Bertz CT molecular complexity index is 784. The summed E-state index contributed by atoms with van der Waals surface area (Å²) in [5, 5.41) is 2.45. The van der Waals surface area contributed by atoms with Crippen LogP contribution in [0.5, 0.6) is 0 Å². The van der Waals surface area contributed by atoms with E-state index in [2.05, 4.69) is 53.5 Å². The Morgan fingerprint density at radius 2 is 1.89 bits per heavy atom. The largest absolute Gasteiger partial charge is 0.337 e. The van der Waals surface area contributed by atoms with Crippen LogP contribution in [0, 0.1) is 12.3 Å². The van der Waals surface area contributed by atoms with Crippen molar-refractivity contribution in [2.75, 3.05) is 0 Å². The van der Waals surface area contributed by atoms with Gasteiger partial charge in [-0.1, -0.05) is 30.2 Å². The maximum Gasteiger partial charge on any atom is 0.0495 e. The molecule has 3 aromatic rings. The van der Waals surface area contributed by atoms with Crippen LogP contribution in [0.25, 0.3) is 21.8 Å². The molecule has 1 nitrogen and oxygen atoms in total. The first kappa shape index (κ1) is 10.7. The summed E-state index contributed by atoms with van der Waals surface area (Å²) >= 11 is 0. The van der Waals surface area contributed by atoms with Crippen LogP contribution in [-0.4, -0.2) is 4.57 Å². The molecule has 18 heavy (non-hydrogen) atoms. The third-order valence-electron chi connectivity index (χ3n) is 3.25. The molecule has 2 aromatic carbocycles. The highest BCUT2D eigenvalue weighted by molar-refractivity contribution is 6.08. The van der Waals surface area contributed by atoms with Crippen molar-refractivity contribution in [1.29, 1.82) is 0 Å². The van der Waals surface area contributed by atoms with Crippen molar-refractivity contribution < 1.29 is 0 Å². The van der Waals surface area contributed by atoms with Gasteiger partial charge < -0.3 is 4.57 Å². The van der Waals surface area contributed by atoms with E-state index < -0.39 is 0 Å². The zero-order valence-electron chi connectivity index (χ0n) is 10.1. The molecule has 86 valence electrons. The zero-order chi connectivity index (χ0) is 12.5. The summed E-state index contributed by atoms with van der Waals surface area (Å²) in [4.78, 5) is 0. The van der Waals surface area contributed by atoms with Gasteiger partial charge in [-0.15, -0.1) is 13.0 Å². The van der Waals surface area contributed by atoms with Gasteiger partial charge in [0.25, 0.3) is 0 Å². The monoisotopic (exact) mass is 231 g/mol. The number of allylic oxidation sites excluding steroid dienone is 1. The third-order valence-corrected chi connectivity index (χ3v) is 3.25. The molecular weight excluding hydrogens is 218 g/mol. The third kappa shape index (κ3) is 1.43. The van der Waals surface area contributed by atoms with Crippen LogP contribution in [0.4, 0.5) is 0 Å².